The molecule has 10 aromatic rings. The van der Waals surface area contributed by atoms with E-state index < -0.39 is 0 Å². The van der Waals surface area contributed by atoms with Crippen molar-refractivity contribution in [2.75, 3.05) is 0 Å². The van der Waals surface area contributed by atoms with E-state index in [1.54, 1.807) is 103 Å². The second-order valence-electron chi connectivity index (χ2n) is 29.1. The third kappa shape index (κ3) is 42.7. The molecule has 0 spiro atoms. The number of carbonyl (C=O) groups is 8. The lowest BCUT2D eigenvalue weighted by Gasteiger charge is -2.19. The molecular weight excluding hydrogens is 1460 g/mol. The number of benzene rings is 7. The maximum Gasteiger partial charge on any atom is 0.287 e. The van der Waals surface area contributed by atoms with Crippen LogP contribution < -0.4 is 53.6 Å². The molecule has 114 heavy (non-hydrogen) atoms. The molecule has 0 fully saturated rings. The van der Waals surface area contributed by atoms with Crippen LogP contribution in [0.3, 0.4) is 0 Å². The topological polar surface area (TPSA) is 373 Å². The number of carbonyl (C=O) groups excluding carboxylic acids is 8. The van der Waals surface area contributed by atoms with Gasteiger partial charge >= 0.3 is 0 Å². The fourth-order valence-electron chi connectivity index (χ4n) is 9.30. The normalized spacial score (nSPS) is 10.3. The number of nitrogens with zero attached hydrogens (tertiary/aromatic N) is 1. The average Bonchev–Trinajstić information content (AvgIpc) is 1.63. The van der Waals surface area contributed by atoms with Crippen LogP contribution in [0.4, 0.5) is 0 Å². The Hall–Kier alpha value is -12.4. The second-order valence-corrected chi connectivity index (χ2v) is 29.6. The van der Waals surface area contributed by atoms with Crippen molar-refractivity contribution in [2.24, 2.45) is 5.73 Å². The SMILES string of the molecule is CC(C)(C)NC(=O)c1ccco1.CC(C)NC(=O)Cc1cc2ccccc2[nH]1.CC(C)NC(=O)c1cc2ccccc2cc1O.CC(C)NC(=O)c1ccc(O)cc1.CC(C)NC(=O)c1ccccc1.CC(C)NC(=O)c1ccccc1.CC(C)NC(=O)c1ccccc1O.CC(C)NC(=O)c1cccnc1.CC(C)NC(N)=S. The van der Waals surface area contributed by atoms with Gasteiger partial charge in [0.1, 0.15) is 17.2 Å². The number of fused-ring (bicyclic) bond motifs is 2. The van der Waals surface area contributed by atoms with E-state index in [0.717, 1.165) is 27.4 Å². The lowest BCUT2D eigenvalue weighted by Crippen LogP contribution is -2.40. The highest BCUT2D eigenvalue weighted by atomic mass is 32.1. The summed E-state index contributed by atoms with van der Waals surface area (Å²) in [6.07, 6.45) is 5.09. The number of para-hydroxylation sites is 2. The number of furan rings is 1. The molecule has 0 radical (unpaired) electrons. The summed E-state index contributed by atoms with van der Waals surface area (Å²) >= 11 is 4.54. The van der Waals surface area contributed by atoms with Crippen LogP contribution in [0.1, 0.15) is 210 Å². The quantitative estimate of drug-likeness (QED) is 0.0377. The van der Waals surface area contributed by atoms with Crippen molar-refractivity contribution >= 4 is 86.3 Å². The number of phenols is 3. The van der Waals surface area contributed by atoms with Gasteiger partial charge in [0.15, 0.2) is 10.9 Å². The van der Waals surface area contributed by atoms with Crippen LogP contribution in [0.5, 0.6) is 17.2 Å². The first-order valence-electron chi connectivity index (χ1n) is 37.6. The van der Waals surface area contributed by atoms with Gasteiger partial charge in [-0.05, 0) is 269 Å². The number of thiocarbonyl (C=S) groups is 1. The van der Waals surface area contributed by atoms with Crippen LogP contribution in [-0.2, 0) is 11.2 Å². The van der Waals surface area contributed by atoms with Gasteiger partial charge in [0.2, 0.25) is 5.91 Å². The number of rotatable bonds is 17. The minimum absolute atomic E-state index is 0.00870. The van der Waals surface area contributed by atoms with Crippen molar-refractivity contribution in [3.63, 3.8) is 0 Å². The van der Waals surface area contributed by atoms with Gasteiger partial charge in [-0.2, -0.15) is 0 Å². The number of hydrogen-bond donors (Lipinski definition) is 14. The zero-order valence-corrected chi connectivity index (χ0v) is 69.9. The van der Waals surface area contributed by atoms with Crippen LogP contribution >= 0.6 is 12.2 Å². The molecule has 0 saturated carbocycles. The van der Waals surface area contributed by atoms with Crippen LogP contribution in [0, 0.1) is 0 Å². The first-order chi connectivity index (χ1) is 53.6. The Morgan fingerprint density at radius 1 is 0.404 bits per heavy atom. The third-order valence-electron chi connectivity index (χ3n) is 14.0. The van der Waals surface area contributed by atoms with Crippen LogP contribution in [0.2, 0.25) is 0 Å². The number of nitrogens with one attached hydrogen (secondary N) is 10. The number of aromatic amines is 1. The summed E-state index contributed by atoms with van der Waals surface area (Å²) in [5.74, 6) is -0.261. The van der Waals surface area contributed by atoms with Crippen LogP contribution in [0.25, 0.3) is 21.7 Å². The van der Waals surface area contributed by atoms with E-state index in [2.05, 4.69) is 70.0 Å². The molecule has 0 aliphatic rings. The Balaban J connectivity index is 0.000000438. The Kier molecular flexibility index (Phi) is 44.5. The number of pyridine rings is 1. The van der Waals surface area contributed by atoms with Gasteiger partial charge in [-0.3, -0.25) is 43.3 Å². The second kappa shape index (κ2) is 52.0. The first-order valence-corrected chi connectivity index (χ1v) is 38.0. The molecule has 612 valence electrons. The number of phenolic OH excluding ortho intramolecular Hbond substituents is 3. The molecule has 0 unspecified atom stereocenters. The van der Waals surface area contributed by atoms with E-state index in [4.69, 9.17) is 15.3 Å². The summed E-state index contributed by atoms with van der Waals surface area (Å²) in [5.41, 5.74) is 10.2. The van der Waals surface area contributed by atoms with Gasteiger partial charge in [-0.1, -0.05) is 91.0 Å². The van der Waals surface area contributed by atoms with E-state index in [1.165, 1.54) is 24.5 Å². The Morgan fingerprint density at radius 3 is 1.20 bits per heavy atom. The summed E-state index contributed by atoms with van der Waals surface area (Å²) in [4.78, 5) is 98.6. The van der Waals surface area contributed by atoms with E-state index >= 15 is 0 Å². The van der Waals surface area contributed by atoms with E-state index in [0.29, 0.717) is 56.7 Å². The molecular formula is C89H118N12O12S. The van der Waals surface area contributed by atoms with E-state index in [1.807, 2.05) is 223 Å². The number of aromatic hydroxyl groups is 3. The number of aromatic nitrogens is 2. The fraction of sp³-hybridized carbons (Fsp3) is 0.326. The number of hydrogen-bond acceptors (Lipinski definition) is 14. The molecule has 0 aliphatic carbocycles. The molecule has 3 aromatic heterocycles. The molecule has 10 rings (SSSR count). The van der Waals surface area contributed by atoms with Crippen molar-refractivity contribution in [3.8, 4) is 17.2 Å². The predicted octanol–water partition coefficient (Wildman–Crippen LogP) is 14.9. The summed E-state index contributed by atoms with van der Waals surface area (Å²) in [6, 6.07) is 60.3. The molecule has 24 nitrogen and oxygen atoms in total. The van der Waals surface area contributed by atoms with Crippen molar-refractivity contribution in [2.45, 2.75) is 192 Å². The molecule has 0 aliphatic heterocycles. The largest absolute Gasteiger partial charge is 0.508 e. The maximum atomic E-state index is 11.8. The smallest absolute Gasteiger partial charge is 0.287 e. The summed E-state index contributed by atoms with van der Waals surface area (Å²) in [6.45, 7) is 36.6. The highest BCUT2D eigenvalue weighted by molar-refractivity contribution is 7.80. The van der Waals surface area contributed by atoms with Crippen molar-refractivity contribution < 1.29 is 58.1 Å². The first kappa shape index (κ1) is 97.7. The average molecular weight is 1580 g/mol. The van der Waals surface area contributed by atoms with Crippen LogP contribution in [-0.4, -0.2) is 132 Å². The van der Waals surface area contributed by atoms with E-state index in [-0.39, 0.29) is 112 Å². The van der Waals surface area contributed by atoms with Gasteiger partial charge in [0.25, 0.3) is 41.4 Å². The number of nitrogens with two attached hydrogens (primary N) is 1. The lowest BCUT2D eigenvalue weighted by atomic mass is 10.1. The molecule has 25 heteroatoms. The van der Waals surface area contributed by atoms with Gasteiger partial charge in [-0.15, -0.1) is 0 Å². The molecule has 3 heterocycles. The molecule has 0 saturated heterocycles. The fourth-order valence-corrected chi connectivity index (χ4v) is 9.53. The van der Waals surface area contributed by atoms with Crippen molar-refractivity contribution in [3.05, 3.63) is 264 Å². The molecule has 7 aromatic carbocycles. The zero-order chi connectivity index (χ0) is 85.6. The lowest BCUT2D eigenvalue weighted by molar-refractivity contribution is -0.121. The number of H-pyrrole nitrogens is 1. The third-order valence-corrected chi connectivity index (χ3v) is 14.1. The van der Waals surface area contributed by atoms with Gasteiger partial charge in [0.05, 0.1) is 29.4 Å². The minimum atomic E-state index is -0.247. The maximum absolute atomic E-state index is 11.8. The predicted molar refractivity (Wildman–Crippen MR) is 461 cm³/mol. The minimum Gasteiger partial charge on any atom is -0.508 e. The van der Waals surface area contributed by atoms with Gasteiger partial charge in [0, 0.05) is 94.2 Å². The van der Waals surface area contributed by atoms with Gasteiger partial charge in [-0.25, -0.2) is 0 Å². The zero-order valence-electron chi connectivity index (χ0n) is 69.1. The monoisotopic (exact) mass is 1580 g/mol. The molecule has 0 atom stereocenters. The van der Waals surface area contributed by atoms with Gasteiger partial charge < -0.3 is 78.3 Å². The summed E-state index contributed by atoms with van der Waals surface area (Å²) < 4.78 is 4.93. The Labute approximate surface area is 677 Å². The molecule has 0 bridgehead atoms. The number of amides is 8. The van der Waals surface area contributed by atoms with Crippen molar-refractivity contribution in [1.29, 1.82) is 0 Å². The molecule has 15 N–H and O–H groups in total. The highest BCUT2D eigenvalue weighted by Gasteiger charge is 2.18. The molecule has 8 amide bonds. The van der Waals surface area contributed by atoms with Crippen molar-refractivity contribution in [1.82, 2.24) is 57.8 Å². The summed E-state index contributed by atoms with van der Waals surface area (Å²) in [5, 5.41) is 56.7. The highest BCUT2D eigenvalue weighted by Crippen LogP contribution is 2.25. The van der Waals surface area contributed by atoms with E-state index in [9.17, 15) is 48.6 Å². The Bertz CT molecular complexity index is 4350. The Morgan fingerprint density at radius 2 is 0.798 bits per heavy atom. The summed E-state index contributed by atoms with van der Waals surface area (Å²) in [7, 11) is 0. The standard InChI is InChI=1S/C14H15NO2.C13H16N2O.2C10H13NO2.2C10H13NO.C9H12N2O.C9H13NO2.C4H10N2S/c1-9(2)15-14(17)12-7-10-5-3-4-6-11(10)8-13(12)16;1-9(2)14-13(16)8-11-7-10-5-3-4-6-12(10)15-11;1-7(2)11-10(13)8-3-5-9(12)6-4-8;1-7(2)11-10(13)8-5-3-4-6-9(8)12;2*1-8(2)11-10(12)9-6-4-3-5-7-9;1-7(2)11-9(12)8-4-3-5-10-6-8;1-9(2,3)10-8(11)7-5-4-6-12-7;1-3(2)6-4(5)7/h3-9,16H,1-2H3,(H,15,17);3-7,9,15H,8H2,1-2H3,(H,14,16);2*3-7,12H,1-2H3,(H,11,13);2*3-8H,1-2H3,(H,11,12);3-7H,1-2H3,(H,11,12);4-6H,1-3H3,(H,10,11);3H,1-2H3,(H3,5,6,7). The van der Waals surface area contributed by atoms with Crippen LogP contribution in [0.15, 0.2) is 223 Å².